The number of alkyl halides is 3. The highest BCUT2D eigenvalue weighted by Gasteiger charge is 2.31. The molecule has 7 nitrogen and oxygen atoms in total. The minimum atomic E-state index is -4.42. The molecule has 0 fully saturated rings. The van der Waals surface area contributed by atoms with Crippen LogP contribution in [0.5, 0.6) is 0 Å². The van der Waals surface area contributed by atoms with E-state index in [2.05, 4.69) is 20.3 Å². The smallest absolute Gasteiger partial charge is 0.347 e. The van der Waals surface area contributed by atoms with Gasteiger partial charge in [-0.2, -0.15) is 13.2 Å². The summed E-state index contributed by atoms with van der Waals surface area (Å²) in [6, 6.07) is 3.19. The third-order valence-electron chi connectivity index (χ3n) is 4.76. The number of benzene rings is 1. The van der Waals surface area contributed by atoms with Crippen molar-refractivity contribution < 1.29 is 18.0 Å². The van der Waals surface area contributed by atoms with Crippen molar-refractivity contribution in [2.24, 2.45) is 7.05 Å². The van der Waals surface area contributed by atoms with Crippen LogP contribution in [0.1, 0.15) is 22.8 Å². The molecule has 0 aliphatic carbocycles. The maximum absolute atomic E-state index is 12.9. The van der Waals surface area contributed by atoms with Crippen molar-refractivity contribution in [3.05, 3.63) is 47.3 Å². The van der Waals surface area contributed by atoms with Crippen LogP contribution in [0, 0.1) is 0 Å². The van der Waals surface area contributed by atoms with Crippen molar-refractivity contribution in [1.29, 1.82) is 0 Å². The fourth-order valence-electron chi connectivity index (χ4n) is 3.24. The Balaban J connectivity index is 1.47. The van der Waals surface area contributed by atoms with Crippen LogP contribution in [0.25, 0.3) is 11.0 Å². The van der Waals surface area contributed by atoms with Crippen molar-refractivity contribution in [2.75, 3.05) is 6.54 Å². The Morgan fingerprint density at radius 2 is 2.19 bits per heavy atom. The Morgan fingerprint density at radius 3 is 2.96 bits per heavy atom. The minimum Gasteiger partial charge on any atom is -0.347 e. The lowest BCUT2D eigenvalue weighted by atomic mass is 10.1. The SMILES string of the molecule is Cn1c(CNC(=O)N2CCc3nc[nH]c3C2)nc2cc(C(F)(F)F)ccc21. The number of hydrogen-bond donors (Lipinski definition) is 2. The zero-order valence-corrected chi connectivity index (χ0v) is 14.5. The summed E-state index contributed by atoms with van der Waals surface area (Å²) in [6.45, 7) is 1.12. The summed E-state index contributed by atoms with van der Waals surface area (Å²) in [6.07, 6.45) is -2.13. The molecule has 2 aromatic heterocycles. The van der Waals surface area contributed by atoms with E-state index in [0.717, 1.165) is 23.5 Å². The fourth-order valence-corrected chi connectivity index (χ4v) is 3.24. The van der Waals surface area contributed by atoms with Crippen molar-refractivity contribution in [1.82, 2.24) is 29.7 Å². The number of hydrogen-bond acceptors (Lipinski definition) is 3. The van der Waals surface area contributed by atoms with E-state index in [4.69, 9.17) is 0 Å². The average molecular weight is 378 g/mol. The molecule has 10 heteroatoms. The number of amides is 2. The Labute approximate surface area is 152 Å². The fraction of sp³-hybridized carbons (Fsp3) is 0.353. The van der Waals surface area contributed by atoms with Gasteiger partial charge in [-0.25, -0.2) is 14.8 Å². The summed E-state index contributed by atoms with van der Waals surface area (Å²) in [5, 5.41) is 2.79. The molecule has 3 aromatic rings. The van der Waals surface area contributed by atoms with Crippen LogP contribution < -0.4 is 5.32 Å². The summed E-state index contributed by atoms with van der Waals surface area (Å²) in [4.78, 5) is 25.5. The minimum absolute atomic E-state index is 0.123. The second-order valence-corrected chi connectivity index (χ2v) is 6.45. The van der Waals surface area contributed by atoms with Gasteiger partial charge in [-0.05, 0) is 18.2 Å². The van der Waals surface area contributed by atoms with E-state index in [1.165, 1.54) is 6.07 Å². The van der Waals surface area contributed by atoms with Gasteiger partial charge in [0.1, 0.15) is 5.82 Å². The lowest BCUT2D eigenvalue weighted by Gasteiger charge is -2.26. The molecule has 142 valence electrons. The predicted octanol–water partition coefficient (Wildman–Crippen LogP) is 2.58. The van der Waals surface area contributed by atoms with E-state index in [-0.39, 0.29) is 18.1 Å². The number of urea groups is 1. The zero-order valence-electron chi connectivity index (χ0n) is 14.5. The summed E-state index contributed by atoms with van der Waals surface area (Å²) < 4.78 is 40.3. The number of carbonyl (C=O) groups excluding carboxylic acids is 1. The standard InChI is InChI=1S/C17H17F3N6O/c1-25-14-3-2-10(17(18,19)20)6-12(14)24-15(25)7-21-16(27)26-5-4-11-13(8-26)23-9-22-11/h2-3,6,9H,4-5,7-8H2,1H3,(H,21,27)(H,22,23). The quantitative estimate of drug-likeness (QED) is 0.720. The lowest BCUT2D eigenvalue weighted by molar-refractivity contribution is -0.137. The van der Waals surface area contributed by atoms with Crippen LogP contribution in [0.2, 0.25) is 0 Å². The molecule has 3 heterocycles. The largest absolute Gasteiger partial charge is 0.416 e. The molecular weight excluding hydrogens is 361 g/mol. The topological polar surface area (TPSA) is 78.8 Å². The van der Waals surface area contributed by atoms with Gasteiger partial charge in [0.2, 0.25) is 0 Å². The highest BCUT2D eigenvalue weighted by atomic mass is 19.4. The summed E-state index contributed by atoms with van der Waals surface area (Å²) in [5.74, 6) is 0.483. The average Bonchev–Trinajstić information content (AvgIpc) is 3.22. The van der Waals surface area contributed by atoms with Gasteiger partial charge in [-0.3, -0.25) is 0 Å². The number of rotatable bonds is 2. The maximum Gasteiger partial charge on any atom is 0.416 e. The third-order valence-corrected chi connectivity index (χ3v) is 4.76. The molecule has 2 amide bonds. The van der Waals surface area contributed by atoms with Gasteiger partial charge in [0.05, 0.1) is 47.4 Å². The number of nitrogens with zero attached hydrogens (tertiary/aromatic N) is 4. The van der Waals surface area contributed by atoms with E-state index in [1.54, 1.807) is 22.8 Å². The van der Waals surface area contributed by atoms with E-state index in [1.807, 2.05) is 0 Å². The number of aromatic nitrogens is 4. The van der Waals surface area contributed by atoms with Gasteiger partial charge in [0.25, 0.3) is 0 Å². The van der Waals surface area contributed by atoms with Crippen LogP contribution in [0.4, 0.5) is 18.0 Å². The number of aromatic amines is 1. The third kappa shape index (κ3) is 3.22. The number of carbonyl (C=O) groups is 1. The van der Waals surface area contributed by atoms with Crippen molar-refractivity contribution in [3.8, 4) is 0 Å². The van der Waals surface area contributed by atoms with Crippen LogP contribution in [-0.2, 0) is 32.7 Å². The van der Waals surface area contributed by atoms with Gasteiger partial charge in [-0.15, -0.1) is 0 Å². The first-order chi connectivity index (χ1) is 12.8. The molecule has 0 radical (unpaired) electrons. The lowest BCUT2D eigenvalue weighted by Crippen LogP contribution is -2.42. The number of halogens is 3. The summed E-state index contributed by atoms with van der Waals surface area (Å²) >= 11 is 0. The number of fused-ring (bicyclic) bond motifs is 2. The molecule has 0 spiro atoms. The number of nitrogens with one attached hydrogen (secondary N) is 2. The molecule has 0 saturated carbocycles. The molecule has 0 atom stereocenters. The number of aryl methyl sites for hydroxylation is 1. The van der Waals surface area contributed by atoms with Gasteiger partial charge in [0.15, 0.2) is 0 Å². The molecule has 1 aromatic carbocycles. The second kappa shape index (κ2) is 6.29. The first-order valence-electron chi connectivity index (χ1n) is 8.39. The highest BCUT2D eigenvalue weighted by Crippen LogP contribution is 2.31. The summed E-state index contributed by atoms with van der Waals surface area (Å²) in [5.41, 5.74) is 1.96. The predicted molar refractivity (Wildman–Crippen MR) is 90.7 cm³/mol. The molecule has 4 rings (SSSR count). The van der Waals surface area contributed by atoms with Crippen molar-refractivity contribution in [3.63, 3.8) is 0 Å². The molecule has 1 aliphatic rings. The van der Waals surface area contributed by atoms with Crippen LogP contribution >= 0.6 is 0 Å². The van der Waals surface area contributed by atoms with Gasteiger partial charge < -0.3 is 19.8 Å². The summed E-state index contributed by atoms with van der Waals surface area (Å²) in [7, 11) is 1.71. The van der Waals surface area contributed by atoms with Crippen LogP contribution in [0.3, 0.4) is 0 Å². The molecular formula is C17H17F3N6O. The molecule has 0 saturated heterocycles. The van der Waals surface area contributed by atoms with E-state index in [0.29, 0.717) is 30.9 Å². The van der Waals surface area contributed by atoms with Crippen molar-refractivity contribution in [2.45, 2.75) is 25.7 Å². The van der Waals surface area contributed by atoms with Crippen LogP contribution in [0.15, 0.2) is 24.5 Å². The highest BCUT2D eigenvalue weighted by molar-refractivity contribution is 5.77. The molecule has 27 heavy (non-hydrogen) atoms. The molecule has 1 aliphatic heterocycles. The Morgan fingerprint density at radius 1 is 1.37 bits per heavy atom. The maximum atomic E-state index is 12.9. The zero-order chi connectivity index (χ0) is 19.2. The molecule has 0 bridgehead atoms. The number of H-pyrrole nitrogens is 1. The number of imidazole rings is 2. The molecule has 0 unspecified atom stereocenters. The van der Waals surface area contributed by atoms with Crippen molar-refractivity contribution >= 4 is 17.1 Å². The van der Waals surface area contributed by atoms with Gasteiger partial charge in [0, 0.05) is 20.0 Å². The van der Waals surface area contributed by atoms with Gasteiger partial charge >= 0.3 is 12.2 Å². The first-order valence-corrected chi connectivity index (χ1v) is 8.39. The van der Waals surface area contributed by atoms with E-state index < -0.39 is 11.7 Å². The Bertz CT molecular complexity index is 1010. The monoisotopic (exact) mass is 378 g/mol. The van der Waals surface area contributed by atoms with E-state index in [9.17, 15) is 18.0 Å². The van der Waals surface area contributed by atoms with Crippen LogP contribution in [-0.4, -0.2) is 37.0 Å². The Hall–Kier alpha value is -3.04. The van der Waals surface area contributed by atoms with Gasteiger partial charge in [-0.1, -0.05) is 0 Å². The first kappa shape index (κ1) is 17.4. The Kier molecular flexibility index (Phi) is 4.05. The second-order valence-electron chi connectivity index (χ2n) is 6.45. The molecule has 2 N–H and O–H groups in total. The normalized spacial score (nSPS) is 14.4. The van der Waals surface area contributed by atoms with E-state index >= 15 is 0 Å².